The molecule has 3 nitrogen and oxygen atoms in total. The number of halogens is 2. The fraction of sp³-hybridized carbons (Fsp3) is 0.600. The van der Waals surface area contributed by atoms with Crippen molar-refractivity contribution in [2.24, 2.45) is 0 Å². The fourth-order valence-corrected chi connectivity index (χ4v) is 1.11. The molecule has 0 aromatic carbocycles. The normalized spacial score (nSPS) is 15.3. The molecule has 0 aliphatic carbocycles. The Labute approximate surface area is 72.4 Å². The van der Waals surface area contributed by atoms with E-state index in [0.717, 1.165) is 18.6 Å². The van der Waals surface area contributed by atoms with E-state index in [1.807, 2.05) is 0 Å². The van der Waals surface area contributed by atoms with Crippen LogP contribution in [0.1, 0.15) is 0 Å². The first-order valence-electron chi connectivity index (χ1n) is 2.89. The molecule has 0 aliphatic rings. The molecule has 0 saturated heterocycles. The second-order valence-corrected chi connectivity index (χ2v) is 5.62. The lowest BCUT2D eigenvalue weighted by atomic mass is 10.7. The average Bonchev–Trinajstić information content (AvgIpc) is 1.76. The summed E-state index contributed by atoms with van der Waals surface area (Å²) >= 11 is 0. The summed E-state index contributed by atoms with van der Waals surface area (Å²) in [7, 11) is -7.23. The van der Waals surface area contributed by atoms with Crippen LogP contribution in [-0.2, 0) is 14.3 Å². The molecular weight excluding hydrogens is 210 g/mol. The van der Waals surface area contributed by atoms with E-state index in [1.165, 1.54) is 0 Å². The number of hydrogen-bond donors (Lipinski definition) is 0. The summed E-state index contributed by atoms with van der Waals surface area (Å²) in [6.45, 7) is -0.338. The SMILES string of the molecule is CS(F)(F)/C=C/COS(C)(=O)=O. The first-order chi connectivity index (χ1) is 5.21. The first kappa shape index (κ1) is 11.9. The molecule has 0 heterocycles. The Kier molecular flexibility index (Phi) is 4.15. The van der Waals surface area contributed by atoms with Crippen LogP contribution in [0.5, 0.6) is 0 Å². The molecule has 0 spiro atoms. The summed E-state index contributed by atoms with van der Waals surface area (Å²) in [6, 6.07) is 0. The van der Waals surface area contributed by atoms with Crippen molar-refractivity contribution in [1.29, 1.82) is 0 Å². The molecule has 12 heavy (non-hydrogen) atoms. The van der Waals surface area contributed by atoms with Gasteiger partial charge in [-0.05, 0) is 6.08 Å². The molecule has 0 radical (unpaired) electrons. The van der Waals surface area contributed by atoms with Gasteiger partial charge in [0, 0.05) is 11.7 Å². The van der Waals surface area contributed by atoms with Crippen LogP contribution >= 0.6 is 10.8 Å². The zero-order chi connectivity index (χ0) is 9.83. The minimum Gasteiger partial charge on any atom is -0.266 e. The summed E-state index contributed by atoms with van der Waals surface area (Å²) in [6.07, 6.45) is 2.64. The summed E-state index contributed by atoms with van der Waals surface area (Å²) in [4.78, 5) is 0. The van der Waals surface area contributed by atoms with E-state index in [2.05, 4.69) is 4.18 Å². The van der Waals surface area contributed by atoms with Crippen LogP contribution in [0.4, 0.5) is 7.77 Å². The van der Waals surface area contributed by atoms with Gasteiger partial charge >= 0.3 is 0 Å². The van der Waals surface area contributed by atoms with Gasteiger partial charge < -0.3 is 0 Å². The predicted octanol–water partition coefficient (Wildman–Crippen LogP) is 1.68. The second-order valence-electron chi connectivity index (χ2n) is 2.14. The molecule has 0 saturated carbocycles. The average molecular weight is 220 g/mol. The minimum atomic E-state index is -3.70. The van der Waals surface area contributed by atoms with Crippen molar-refractivity contribution < 1.29 is 20.4 Å². The van der Waals surface area contributed by atoms with Gasteiger partial charge in [-0.2, -0.15) is 16.2 Å². The van der Waals surface area contributed by atoms with Crippen molar-refractivity contribution in [3.63, 3.8) is 0 Å². The standard InChI is InChI=1S/C5H10F2O3S2/c1-11(6,7)5-3-4-10-12(2,8)9/h3,5H,4H2,1-2H3/b5-3+. The van der Waals surface area contributed by atoms with Crippen molar-refractivity contribution in [3.05, 3.63) is 11.5 Å². The van der Waals surface area contributed by atoms with Crippen molar-refractivity contribution in [3.8, 4) is 0 Å². The molecule has 74 valence electrons. The summed E-state index contributed by atoms with van der Waals surface area (Å²) in [5.74, 6) is 0. The Hall–Kier alpha value is -0.140. The molecular formula is C5H10F2O3S2. The third kappa shape index (κ3) is 9.86. The van der Waals surface area contributed by atoms with Gasteiger partial charge in [-0.1, -0.05) is 0 Å². The molecule has 0 bridgehead atoms. The Morgan fingerprint density at radius 1 is 1.33 bits per heavy atom. The zero-order valence-electron chi connectivity index (χ0n) is 6.66. The molecule has 0 rings (SSSR count). The first-order valence-corrected chi connectivity index (χ1v) is 6.61. The summed E-state index contributed by atoms with van der Waals surface area (Å²) in [5.41, 5.74) is 0. The zero-order valence-corrected chi connectivity index (χ0v) is 8.29. The molecule has 0 aromatic rings. The maximum Gasteiger partial charge on any atom is 0.264 e. The molecule has 0 atom stereocenters. The van der Waals surface area contributed by atoms with Gasteiger partial charge in [0.25, 0.3) is 10.1 Å². The maximum absolute atomic E-state index is 12.1. The highest BCUT2D eigenvalue weighted by Crippen LogP contribution is 2.48. The van der Waals surface area contributed by atoms with E-state index in [9.17, 15) is 16.2 Å². The number of rotatable bonds is 4. The highest BCUT2D eigenvalue weighted by atomic mass is 32.3. The molecule has 7 heteroatoms. The second kappa shape index (κ2) is 4.20. The topological polar surface area (TPSA) is 43.4 Å². The Morgan fingerprint density at radius 2 is 1.83 bits per heavy atom. The van der Waals surface area contributed by atoms with Crippen LogP contribution in [0.25, 0.3) is 0 Å². The van der Waals surface area contributed by atoms with Crippen LogP contribution in [0.3, 0.4) is 0 Å². The highest BCUT2D eigenvalue weighted by molar-refractivity contribution is 8.27. The van der Waals surface area contributed by atoms with E-state index in [1.54, 1.807) is 0 Å². The van der Waals surface area contributed by atoms with Crippen molar-refractivity contribution >= 4 is 20.9 Å². The Balaban J connectivity index is 3.80. The monoisotopic (exact) mass is 220 g/mol. The van der Waals surface area contributed by atoms with Crippen molar-refractivity contribution in [2.45, 2.75) is 0 Å². The van der Waals surface area contributed by atoms with Gasteiger partial charge in [-0.25, -0.2) is 0 Å². The smallest absolute Gasteiger partial charge is 0.264 e. The van der Waals surface area contributed by atoms with Crippen LogP contribution in [0.15, 0.2) is 11.5 Å². The van der Waals surface area contributed by atoms with Crippen LogP contribution in [0, 0.1) is 0 Å². The summed E-state index contributed by atoms with van der Waals surface area (Å²) < 4.78 is 49.1. The van der Waals surface area contributed by atoms with Gasteiger partial charge in [0.15, 0.2) is 0 Å². The van der Waals surface area contributed by atoms with E-state index in [4.69, 9.17) is 0 Å². The predicted molar refractivity (Wildman–Crippen MR) is 45.7 cm³/mol. The molecule has 0 N–H and O–H groups in total. The Bertz CT molecular complexity index is 252. The van der Waals surface area contributed by atoms with Gasteiger partial charge in [-0.15, -0.1) is 0 Å². The molecule has 0 aliphatic heterocycles. The van der Waals surface area contributed by atoms with Crippen LogP contribution in [-0.4, -0.2) is 27.5 Å². The van der Waals surface area contributed by atoms with Crippen molar-refractivity contribution in [2.75, 3.05) is 19.1 Å². The lowest BCUT2D eigenvalue weighted by molar-refractivity contribution is 0.361. The van der Waals surface area contributed by atoms with E-state index in [-0.39, 0.29) is 6.61 Å². The van der Waals surface area contributed by atoms with Crippen LogP contribution in [0.2, 0.25) is 0 Å². The quantitative estimate of drug-likeness (QED) is 0.677. The molecule has 0 unspecified atom stereocenters. The lowest BCUT2D eigenvalue weighted by Gasteiger charge is -2.06. The summed E-state index contributed by atoms with van der Waals surface area (Å²) in [5, 5.41) is 0.665. The van der Waals surface area contributed by atoms with Gasteiger partial charge in [0.1, 0.15) is 0 Å². The van der Waals surface area contributed by atoms with E-state index < -0.39 is 20.9 Å². The van der Waals surface area contributed by atoms with Crippen molar-refractivity contribution in [1.82, 2.24) is 0 Å². The lowest BCUT2D eigenvalue weighted by Crippen LogP contribution is -2.01. The third-order valence-corrected chi connectivity index (χ3v) is 1.95. The Morgan fingerprint density at radius 3 is 2.17 bits per heavy atom. The fourth-order valence-electron chi connectivity index (χ4n) is 0.371. The number of hydrogen-bond acceptors (Lipinski definition) is 3. The van der Waals surface area contributed by atoms with Crippen LogP contribution < -0.4 is 0 Å². The largest absolute Gasteiger partial charge is 0.266 e. The minimum absolute atomic E-state index is 0.338. The van der Waals surface area contributed by atoms with E-state index >= 15 is 0 Å². The maximum atomic E-state index is 12.1. The third-order valence-electron chi connectivity index (χ3n) is 0.714. The van der Waals surface area contributed by atoms with Gasteiger partial charge in [0.05, 0.1) is 23.7 Å². The molecule has 0 aromatic heterocycles. The molecule has 0 amide bonds. The van der Waals surface area contributed by atoms with E-state index in [0.29, 0.717) is 5.41 Å². The van der Waals surface area contributed by atoms with Gasteiger partial charge in [-0.3, -0.25) is 4.18 Å². The van der Waals surface area contributed by atoms with Gasteiger partial charge in [0.2, 0.25) is 0 Å². The highest BCUT2D eigenvalue weighted by Gasteiger charge is 2.07. The molecule has 0 fully saturated rings.